The third kappa shape index (κ3) is 5.00. The Morgan fingerprint density at radius 1 is 1.03 bits per heavy atom. The zero-order valence-electron chi connectivity index (χ0n) is 16.1. The van der Waals surface area contributed by atoms with Crippen LogP contribution in [-0.2, 0) is 16.6 Å². The summed E-state index contributed by atoms with van der Waals surface area (Å²) >= 11 is 1.23. The molecule has 0 spiro atoms. The Hall–Kier alpha value is -3.20. The molecule has 0 saturated heterocycles. The smallest absolute Gasteiger partial charge is 0.237 e. The fourth-order valence-corrected chi connectivity index (χ4v) is 3.41. The van der Waals surface area contributed by atoms with Crippen LogP contribution >= 0.6 is 11.8 Å². The molecule has 1 unspecified atom stereocenters. The molecule has 1 atom stereocenters. The van der Waals surface area contributed by atoms with Crippen molar-refractivity contribution in [2.75, 3.05) is 10.6 Å². The fraction of sp³-hybridized carbons (Fsp3) is 0.200. The number of carbonyl (C=O) groups excluding carboxylic acids is 2. The average molecular weight is 413 g/mol. The van der Waals surface area contributed by atoms with E-state index in [-0.39, 0.29) is 17.6 Å². The molecule has 7 nitrogen and oxygen atoms in total. The normalized spacial score (nSPS) is 11.7. The number of benzene rings is 2. The van der Waals surface area contributed by atoms with E-state index in [0.29, 0.717) is 27.9 Å². The molecule has 2 N–H and O–H groups in total. The standard InChI is InChI=1S/C20H20FN5O2S/c1-12(19(28)23-15-10-8-14(9-11-15)22-13(2)27)29-20-25-24-18(26(20)3)16-6-4-5-7-17(16)21/h4-12H,1-3H3,(H,22,27)(H,23,28). The first-order valence-corrected chi connectivity index (χ1v) is 9.72. The number of hydrogen-bond donors (Lipinski definition) is 2. The summed E-state index contributed by atoms with van der Waals surface area (Å²) in [6.07, 6.45) is 0. The highest BCUT2D eigenvalue weighted by molar-refractivity contribution is 8.00. The van der Waals surface area contributed by atoms with Gasteiger partial charge in [-0.2, -0.15) is 0 Å². The minimum atomic E-state index is -0.457. The number of nitrogens with one attached hydrogen (secondary N) is 2. The second-order valence-electron chi connectivity index (χ2n) is 6.35. The van der Waals surface area contributed by atoms with Gasteiger partial charge in [-0.1, -0.05) is 23.9 Å². The minimum Gasteiger partial charge on any atom is -0.326 e. The van der Waals surface area contributed by atoms with Crippen LogP contribution in [0.4, 0.5) is 15.8 Å². The lowest BCUT2D eigenvalue weighted by Gasteiger charge is -2.12. The molecule has 150 valence electrons. The number of nitrogens with zero attached hydrogens (tertiary/aromatic N) is 3. The molecule has 2 amide bonds. The van der Waals surface area contributed by atoms with Crippen LogP contribution in [0.3, 0.4) is 0 Å². The SMILES string of the molecule is CC(=O)Nc1ccc(NC(=O)C(C)Sc2nnc(-c3ccccc3F)n2C)cc1. The van der Waals surface area contributed by atoms with Crippen LogP contribution in [-0.4, -0.2) is 31.8 Å². The molecule has 9 heteroatoms. The van der Waals surface area contributed by atoms with E-state index in [9.17, 15) is 14.0 Å². The molecule has 0 aliphatic carbocycles. The highest BCUT2D eigenvalue weighted by atomic mass is 32.2. The quantitative estimate of drug-likeness (QED) is 0.602. The van der Waals surface area contributed by atoms with Gasteiger partial charge < -0.3 is 15.2 Å². The Kier molecular flexibility index (Phi) is 6.28. The van der Waals surface area contributed by atoms with Gasteiger partial charge in [-0.25, -0.2) is 4.39 Å². The van der Waals surface area contributed by atoms with E-state index in [0.717, 1.165) is 0 Å². The second-order valence-corrected chi connectivity index (χ2v) is 7.66. The molecule has 0 aliphatic rings. The van der Waals surface area contributed by atoms with Crippen molar-refractivity contribution in [1.29, 1.82) is 0 Å². The molecule has 2 aromatic carbocycles. The number of amides is 2. The van der Waals surface area contributed by atoms with E-state index in [2.05, 4.69) is 20.8 Å². The number of carbonyl (C=O) groups is 2. The van der Waals surface area contributed by atoms with Gasteiger partial charge in [-0.3, -0.25) is 9.59 Å². The van der Waals surface area contributed by atoms with E-state index in [1.54, 1.807) is 61.0 Å². The van der Waals surface area contributed by atoms with Crippen LogP contribution in [0.15, 0.2) is 53.7 Å². The van der Waals surface area contributed by atoms with Gasteiger partial charge in [0.15, 0.2) is 11.0 Å². The van der Waals surface area contributed by atoms with Gasteiger partial charge in [0.05, 0.1) is 10.8 Å². The Balaban J connectivity index is 1.66. The van der Waals surface area contributed by atoms with Crippen molar-refractivity contribution in [2.45, 2.75) is 24.3 Å². The van der Waals surface area contributed by atoms with E-state index < -0.39 is 5.25 Å². The molecule has 0 saturated carbocycles. The Labute approximate surface area is 171 Å². The molecule has 0 fully saturated rings. The van der Waals surface area contributed by atoms with Crippen LogP contribution in [0.2, 0.25) is 0 Å². The number of aromatic nitrogens is 3. The van der Waals surface area contributed by atoms with Gasteiger partial charge in [0.2, 0.25) is 11.8 Å². The third-order valence-corrected chi connectivity index (χ3v) is 5.21. The summed E-state index contributed by atoms with van der Waals surface area (Å²) in [5.41, 5.74) is 1.62. The van der Waals surface area contributed by atoms with Gasteiger partial charge in [0.1, 0.15) is 5.82 Å². The molecule has 3 aromatic rings. The summed E-state index contributed by atoms with van der Waals surface area (Å²) in [5, 5.41) is 13.7. The molecule has 0 radical (unpaired) electrons. The lowest BCUT2D eigenvalue weighted by Crippen LogP contribution is -2.22. The number of hydrogen-bond acceptors (Lipinski definition) is 5. The maximum absolute atomic E-state index is 14.0. The third-order valence-electron chi connectivity index (χ3n) is 4.07. The first kappa shape index (κ1) is 20.5. The molecule has 1 aromatic heterocycles. The molecular weight excluding hydrogens is 393 g/mol. The summed E-state index contributed by atoms with van der Waals surface area (Å²) in [6.45, 7) is 3.18. The summed E-state index contributed by atoms with van der Waals surface area (Å²) in [7, 11) is 1.73. The summed E-state index contributed by atoms with van der Waals surface area (Å²) in [6, 6.07) is 13.2. The van der Waals surface area contributed by atoms with E-state index >= 15 is 0 Å². The van der Waals surface area contributed by atoms with Crippen molar-refractivity contribution in [3.63, 3.8) is 0 Å². The van der Waals surface area contributed by atoms with Crippen LogP contribution in [0.5, 0.6) is 0 Å². The second kappa shape index (κ2) is 8.87. The Morgan fingerprint density at radius 2 is 1.66 bits per heavy atom. The van der Waals surface area contributed by atoms with Crippen molar-refractivity contribution >= 4 is 35.0 Å². The largest absolute Gasteiger partial charge is 0.326 e. The van der Waals surface area contributed by atoms with Gasteiger partial charge in [0, 0.05) is 25.3 Å². The molecule has 1 heterocycles. The number of halogens is 1. The predicted molar refractivity (Wildman–Crippen MR) is 111 cm³/mol. The van der Waals surface area contributed by atoms with Crippen molar-refractivity contribution in [3.8, 4) is 11.4 Å². The highest BCUT2D eigenvalue weighted by Gasteiger charge is 2.20. The van der Waals surface area contributed by atoms with E-state index in [1.165, 1.54) is 24.8 Å². The summed E-state index contributed by atoms with van der Waals surface area (Å²) in [5.74, 6) is -0.359. The maximum atomic E-state index is 14.0. The van der Waals surface area contributed by atoms with Crippen molar-refractivity contribution in [1.82, 2.24) is 14.8 Å². The average Bonchev–Trinajstić information content (AvgIpc) is 3.03. The summed E-state index contributed by atoms with van der Waals surface area (Å²) in [4.78, 5) is 23.6. The minimum absolute atomic E-state index is 0.162. The first-order chi connectivity index (χ1) is 13.8. The topological polar surface area (TPSA) is 88.9 Å². The number of rotatable bonds is 6. The highest BCUT2D eigenvalue weighted by Crippen LogP contribution is 2.27. The van der Waals surface area contributed by atoms with Crippen molar-refractivity contribution < 1.29 is 14.0 Å². The molecular formula is C20H20FN5O2S. The van der Waals surface area contributed by atoms with Crippen LogP contribution < -0.4 is 10.6 Å². The zero-order chi connectivity index (χ0) is 21.0. The Bertz CT molecular complexity index is 1040. The van der Waals surface area contributed by atoms with E-state index in [1.807, 2.05) is 0 Å². The maximum Gasteiger partial charge on any atom is 0.237 e. The van der Waals surface area contributed by atoms with Crippen LogP contribution in [0.1, 0.15) is 13.8 Å². The van der Waals surface area contributed by atoms with Crippen LogP contribution in [0, 0.1) is 5.82 Å². The fourth-order valence-electron chi connectivity index (χ4n) is 2.59. The van der Waals surface area contributed by atoms with Gasteiger partial charge in [-0.05, 0) is 43.3 Å². The van der Waals surface area contributed by atoms with E-state index in [4.69, 9.17) is 0 Å². The monoisotopic (exact) mass is 413 g/mol. The zero-order valence-corrected chi connectivity index (χ0v) is 17.0. The number of anilines is 2. The predicted octanol–water partition coefficient (Wildman–Crippen LogP) is 3.70. The molecule has 0 aliphatic heterocycles. The molecule has 0 bridgehead atoms. The van der Waals surface area contributed by atoms with Gasteiger partial charge >= 0.3 is 0 Å². The molecule has 29 heavy (non-hydrogen) atoms. The first-order valence-electron chi connectivity index (χ1n) is 8.84. The molecule has 3 rings (SSSR count). The van der Waals surface area contributed by atoms with Crippen molar-refractivity contribution in [2.24, 2.45) is 7.05 Å². The Morgan fingerprint density at radius 3 is 2.28 bits per heavy atom. The van der Waals surface area contributed by atoms with Crippen LogP contribution in [0.25, 0.3) is 11.4 Å². The lowest BCUT2D eigenvalue weighted by atomic mass is 10.2. The summed E-state index contributed by atoms with van der Waals surface area (Å²) < 4.78 is 15.7. The van der Waals surface area contributed by atoms with Gasteiger partial charge in [-0.15, -0.1) is 10.2 Å². The number of thioether (sulfide) groups is 1. The van der Waals surface area contributed by atoms with Gasteiger partial charge in [0.25, 0.3) is 0 Å². The van der Waals surface area contributed by atoms with Crippen molar-refractivity contribution in [3.05, 3.63) is 54.3 Å². The lowest BCUT2D eigenvalue weighted by molar-refractivity contribution is -0.115.